The summed E-state index contributed by atoms with van der Waals surface area (Å²) in [7, 11) is 1.61. The molecule has 1 aliphatic rings. The molecule has 0 bridgehead atoms. The fourth-order valence-electron chi connectivity index (χ4n) is 2.21. The summed E-state index contributed by atoms with van der Waals surface area (Å²) >= 11 is 0. The van der Waals surface area contributed by atoms with E-state index in [0.717, 1.165) is 30.6 Å². The molecule has 3 nitrogen and oxygen atoms in total. The van der Waals surface area contributed by atoms with Gasteiger partial charge in [0.2, 0.25) is 0 Å². The number of anilines is 1. The molecule has 0 aliphatic carbocycles. The van der Waals surface area contributed by atoms with Crippen molar-refractivity contribution >= 4 is 17.6 Å². The van der Waals surface area contributed by atoms with Crippen LogP contribution in [0.3, 0.4) is 0 Å². The number of alkyl halides is 2. The molecule has 0 fully saturated rings. The van der Waals surface area contributed by atoms with E-state index in [1.165, 1.54) is 12.3 Å². The molecule has 1 aromatic rings. The van der Waals surface area contributed by atoms with Gasteiger partial charge in [-0.1, -0.05) is 0 Å². The van der Waals surface area contributed by atoms with E-state index in [0.29, 0.717) is 11.3 Å². The largest absolute Gasteiger partial charge is 0.398 e. The van der Waals surface area contributed by atoms with Crippen LogP contribution in [0.4, 0.5) is 14.5 Å². The Morgan fingerprint density at radius 1 is 1.47 bits per heavy atom. The fraction of sp³-hybridized carbons (Fsp3) is 0.357. The van der Waals surface area contributed by atoms with Crippen molar-refractivity contribution in [3.05, 3.63) is 34.9 Å². The summed E-state index contributed by atoms with van der Waals surface area (Å²) in [6.45, 7) is 0.822. The van der Waals surface area contributed by atoms with Crippen LogP contribution >= 0.6 is 0 Å². The zero-order chi connectivity index (χ0) is 13.8. The maximum Gasteiger partial charge on any atom is 0.264 e. The Labute approximate surface area is 111 Å². The molecule has 102 valence electrons. The van der Waals surface area contributed by atoms with Crippen LogP contribution in [-0.4, -0.2) is 19.8 Å². The van der Waals surface area contributed by atoms with Crippen LogP contribution in [0.5, 0.6) is 0 Å². The molecular weight excluding hydrogens is 248 g/mol. The maximum atomic E-state index is 13.1. The van der Waals surface area contributed by atoms with Crippen molar-refractivity contribution in [2.45, 2.75) is 19.3 Å². The third-order valence-corrected chi connectivity index (χ3v) is 3.16. The highest BCUT2D eigenvalue weighted by Crippen LogP contribution is 2.33. The lowest BCUT2D eigenvalue weighted by molar-refractivity contribution is 0.151. The molecule has 0 aromatic heterocycles. The lowest BCUT2D eigenvalue weighted by atomic mass is 9.95. The monoisotopic (exact) mass is 265 g/mol. The maximum absolute atomic E-state index is 13.1. The van der Waals surface area contributed by atoms with Gasteiger partial charge in [-0.25, -0.2) is 8.78 Å². The Hall–Kier alpha value is -1.91. The average molecular weight is 265 g/mol. The van der Waals surface area contributed by atoms with Gasteiger partial charge in [0.05, 0.1) is 0 Å². The molecular formula is C14H17F2N3. The Kier molecular flexibility index (Phi) is 4.14. The van der Waals surface area contributed by atoms with Gasteiger partial charge < -0.3 is 11.1 Å². The van der Waals surface area contributed by atoms with Crippen molar-refractivity contribution in [2.24, 2.45) is 10.7 Å². The Morgan fingerprint density at radius 2 is 2.26 bits per heavy atom. The molecule has 0 spiro atoms. The zero-order valence-corrected chi connectivity index (χ0v) is 10.8. The van der Waals surface area contributed by atoms with E-state index < -0.39 is 6.43 Å². The molecule has 19 heavy (non-hydrogen) atoms. The molecule has 0 unspecified atom stereocenters. The normalized spacial score (nSPS) is 15.7. The molecule has 1 aromatic carbocycles. The van der Waals surface area contributed by atoms with Crippen molar-refractivity contribution in [3.8, 4) is 0 Å². The smallest absolute Gasteiger partial charge is 0.264 e. The Morgan fingerprint density at radius 3 is 2.95 bits per heavy atom. The number of rotatable bonds is 3. The van der Waals surface area contributed by atoms with E-state index in [-0.39, 0.29) is 5.56 Å². The lowest BCUT2D eigenvalue weighted by Gasteiger charge is -2.21. The van der Waals surface area contributed by atoms with Gasteiger partial charge in [0.15, 0.2) is 0 Å². The van der Waals surface area contributed by atoms with Gasteiger partial charge in [-0.3, -0.25) is 4.99 Å². The molecule has 0 amide bonds. The number of aryl methyl sites for hydroxylation is 1. The number of nitrogens with two attached hydrogens (primary N) is 1. The molecule has 0 saturated heterocycles. The van der Waals surface area contributed by atoms with E-state index in [1.807, 2.05) is 0 Å². The summed E-state index contributed by atoms with van der Waals surface area (Å²) in [5.41, 5.74) is 8.38. The summed E-state index contributed by atoms with van der Waals surface area (Å²) in [6, 6.07) is 3.27. The predicted molar refractivity (Wildman–Crippen MR) is 74.8 cm³/mol. The van der Waals surface area contributed by atoms with Gasteiger partial charge >= 0.3 is 0 Å². The van der Waals surface area contributed by atoms with Gasteiger partial charge in [0, 0.05) is 42.3 Å². The topological polar surface area (TPSA) is 50.4 Å². The summed E-state index contributed by atoms with van der Waals surface area (Å²) in [5.74, 6) is 0. The number of hydrogen-bond acceptors (Lipinski definition) is 3. The SMILES string of the molecule is CN=C/C=C(\N)c1cc2c(cc1C(F)F)NCCC2. The second kappa shape index (κ2) is 5.82. The number of benzene rings is 1. The molecule has 1 aliphatic heterocycles. The minimum absolute atomic E-state index is 0.0357. The number of hydrogen-bond donors (Lipinski definition) is 2. The first-order valence-corrected chi connectivity index (χ1v) is 6.20. The van der Waals surface area contributed by atoms with Crippen LogP contribution in [0, 0.1) is 0 Å². The van der Waals surface area contributed by atoms with Crippen LogP contribution in [0.25, 0.3) is 5.70 Å². The first kappa shape index (κ1) is 13.5. The number of fused-ring (bicyclic) bond motifs is 1. The molecule has 2 rings (SSSR count). The Bertz CT molecular complexity index is 522. The summed E-state index contributed by atoms with van der Waals surface area (Å²) in [6.07, 6.45) is 2.38. The summed E-state index contributed by atoms with van der Waals surface area (Å²) in [5, 5.41) is 3.15. The fourth-order valence-corrected chi connectivity index (χ4v) is 2.21. The van der Waals surface area contributed by atoms with Crippen LogP contribution < -0.4 is 11.1 Å². The predicted octanol–water partition coefficient (Wildman–Crippen LogP) is 2.98. The minimum atomic E-state index is -2.55. The van der Waals surface area contributed by atoms with Gasteiger partial charge in [0.1, 0.15) is 0 Å². The second-order valence-electron chi connectivity index (χ2n) is 4.46. The molecule has 0 radical (unpaired) electrons. The molecule has 0 saturated carbocycles. The number of aliphatic imine (C=N–C) groups is 1. The van der Waals surface area contributed by atoms with Gasteiger partial charge in [-0.2, -0.15) is 0 Å². The van der Waals surface area contributed by atoms with Crippen molar-refractivity contribution in [3.63, 3.8) is 0 Å². The quantitative estimate of drug-likeness (QED) is 0.825. The van der Waals surface area contributed by atoms with E-state index in [4.69, 9.17) is 5.73 Å². The van der Waals surface area contributed by atoms with Gasteiger partial charge in [0.25, 0.3) is 6.43 Å². The molecule has 5 heteroatoms. The van der Waals surface area contributed by atoms with E-state index in [1.54, 1.807) is 19.2 Å². The minimum Gasteiger partial charge on any atom is -0.398 e. The molecule has 0 atom stereocenters. The third-order valence-electron chi connectivity index (χ3n) is 3.16. The first-order valence-electron chi connectivity index (χ1n) is 6.20. The first-order chi connectivity index (χ1) is 9.13. The molecule has 3 N–H and O–H groups in total. The zero-order valence-electron chi connectivity index (χ0n) is 10.8. The highest BCUT2D eigenvalue weighted by Gasteiger charge is 2.19. The van der Waals surface area contributed by atoms with E-state index >= 15 is 0 Å². The Balaban J connectivity index is 2.51. The van der Waals surface area contributed by atoms with Crippen LogP contribution in [-0.2, 0) is 6.42 Å². The van der Waals surface area contributed by atoms with Gasteiger partial charge in [-0.15, -0.1) is 0 Å². The van der Waals surface area contributed by atoms with Crippen molar-refractivity contribution in [2.75, 3.05) is 18.9 Å². The van der Waals surface area contributed by atoms with Gasteiger partial charge in [-0.05, 0) is 36.6 Å². The average Bonchev–Trinajstić information content (AvgIpc) is 2.43. The third kappa shape index (κ3) is 2.92. The highest BCUT2D eigenvalue weighted by atomic mass is 19.3. The highest BCUT2D eigenvalue weighted by molar-refractivity contribution is 5.84. The van der Waals surface area contributed by atoms with Crippen LogP contribution in [0.2, 0.25) is 0 Å². The van der Waals surface area contributed by atoms with Crippen LogP contribution in [0.1, 0.15) is 29.5 Å². The number of allylic oxidation sites excluding steroid dienone is 1. The standard InChI is InChI=1S/C14H17F2N3/c1-18-6-4-12(17)10-7-9-3-2-5-19-13(9)8-11(10)14(15)16/h4,6-8,14,19H,2-3,5,17H2,1H3/b12-4-,18-6?. The number of nitrogens with one attached hydrogen (secondary N) is 1. The van der Waals surface area contributed by atoms with E-state index in [9.17, 15) is 8.78 Å². The van der Waals surface area contributed by atoms with Crippen LogP contribution in [0.15, 0.2) is 23.2 Å². The summed E-state index contributed by atoms with van der Waals surface area (Å²) in [4.78, 5) is 3.78. The lowest BCUT2D eigenvalue weighted by Crippen LogP contribution is -2.14. The molecule has 1 heterocycles. The van der Waals surface area contributed by atoms with E-state index in [2.05, 4.69) is 10.3 Å². The second-order valence-corrected chi connectivity index (χ2v) is 4.46. The van der Waals surface area contributed by atoms with Crippen molar-refractivity contribution in [1.29, 1.82) is 0 Å². The van der Waals surface area contributed by atoms with Crippen molar-refractivity contribution in [1.82, 2.24) is 0 Å². The van der Waals surface area contributed by atoms with Crippen molar-refractivity contribution < 1.29 is 8.78 Å². The number of halogens is 2. The number of nitrogens with zero attached hydrogens (tertiary/aromatic N) is 1. The summed E-state index contributed by atoms with van der Waals surface area (Å²) < 4.78 is 26.3.